The van der Waals surface area contributed by atoms with Gasteiger partial charge < -0.3 is 5.32 Å². The molecule has 2 unspecified atom stereocenters. The first-order valence-electron chi connectivity index (χ1n) is 5.04. The monoisotopic (exact) mass is 209 g/mol. The molecule has 0 heterocycles. The van der Waals surface area contributed by atoms with Gasteiger partial charge in [-0.25, -0.2) is 0 Å². The van der Waals surface area contributed by atoms with Crippen molar-refractivity contribution in [2.45, 2.75) is 37.0 Å². The molecule has 1 nitrogen and oxygen atoms in total. The molecule has 1 aromatic rings. The van der Waals surface area contributed by atoms with Crippen molar-refractivity contribution in [2.75, 3.05) is 7.05 Å². The minimum Gasteiger partial charge on any atom is -0.316 e. The summed E-state index contributed by atoms with van der Waals surface area (Å²) in [7, 11) is 2.01. The molecule has 1 rings (SSSR count). The third-order valence-electron chi connectivity index (χ3n) is 2.47. The Kier molecular flexibility index (Phi) is 4.49. The predicted molar refractivity (Wildman–Crippen MR) is 65.0 cm³/mol. The maximum Gasteiger partial charge on any atom is 0.0217 e. The van der Waals surface area contributed by atoms with Gasteiger partial charge in [-0.3, -0.25) is 0 Å². The molecule has 1 N–H and O–H groups in total. The number of aryl methyl sites for hydroxylation is 1. The van der Waals surface area contributed by atoms with Crippen LogP contribution in [0.2, 0.25) is 0 Å². The third kappa shape index (κ3) is 3.35. The summed E-state index contributed by atoms with van der Waals surface area (Å²) >= 11 is 1.93. The van der Waals surface area contributed by atoms with Crippen LogP contribution in [-0.2, 0) is 0 Å². The zero-order valence-electron chi connectivity index (χ0n) is 9.37. The summed E-state index contributed by atoms with van der Waals surface area (Å²) in [5.74, 6) is 0. The molecule has 1 aromatic carbocycles. The summed E-state index contributed by atoms with van der Waals surface area (Å²) in [5, 5.41) is 3.88. The molecule has 14 heavy (non-hydrogen) atoms. The molecule has 0 aliphatic heterocycles. The second-order valence-corrected chi connectivity index (χ2v) is 5.17. The average molecular weight is 209 g/mol. The summed E-state index contributed by atoms with van der Waals surface area (Å²) in [4.78, 5) is 1.36. The van der Waals surface area contributed by atoms with Crippen LogP contribution in [-0.4, -0.2) is 18.3 Å². The lowest BCUT2D eigenvalue weighted by Crippen LogP contribution is -2.30. The van der Waals surface area contributed by atoms with Gasteiger partial charge in [0.25, 0.3) is 0 Å². The van der Waals surface area contributed by atoms with E-state index in [1.165, 1.54) is 10.5 Å². The number of thioether (sulfide) groups is 1. The van der Waals surface area contributed by atoms with Gasteiger partial charge in [0, 0.05) is 16.2 Å². The molecule has 0 amide bonds. The summed E-state index contributed by atoms with van der Waals surface area (Å²) in [6, 6.07) is 9.21. The topological polar surface area (TPSA) is 12.0 Å². The van der Waals surface area contributed by atoms with E-state index >= 15 is 0 Å². The van der Waals surface area contributed by atoms with E-state index in [1.807, 2.05) is 18.8 Å². The Morgan fingerprint density at radius 2 is 2.00 bits per heavy atom. The summed E-state index contributed by atoms with van der Waals surface area (Å²) in [6.07, 6.45) is 0. The summed E-state index contributed by atoms with van der Waals surface area (Å²) < 4.78 is 0. The molecule has 2 heteroatoms. The van der Waals surface area contributed by atoms with Gasteiger partial charge in [-0.15, -0.1) is 11.8 Å². The van der Waals surface area contributed by atoms with Crippen molar-refractivity contribution < 1.29 is 0 Å². The van der Waals surface area contributed by atoms with E-state index in [0.29, 0.717) is 11.3 Å². The molecular weight excluding hydrogens is 190 g/mol. The minimum absolute atomic E-state index is 0.542. The van der Waals surface area contributed by atoms with E-state index in [9.17, 15) is 0 Å². The molecule has 0 saturated heterocycles. The highest BCUT2D eigenvalue weighted by Crippen LogP contribution is 2.25. The zero-order valence-corrected chi connectivity index (χ0v) is 10.2. The number of hydrogen-bond acceptors (Lipinski definition) is 2. The first kappa shape index (κ1) is 11.6. The van der Waals surface area contributed by atoms with Crippen molar-refractivity contribution in [3.05, 3.63) is 29.8 Å². The molecular formula is C12H19NS. The highest BCUT2D eigenvalue weighted by Gasteiger charge is 2.10. The van der Waals surface area contributed by atoms with Crippen LogP contribution >= 0.6 is 11.8 Å². The second kappa shape index (κ2) is 5.42. The highest BCUT2D eigenvalue weighted by molar-refractivity contribution is 8.00. The molecule has 0 aromatic heterocycles. The molecule has 0 fully saturated rings. The van der Waals surface area contributed by atoms with E-state index in [0.717, 1.165) is 0 Å². The number of hydrogen-bond donors (Lipinski definition) is 1. The van der Waals surface area contributed by atoms with Gasteiger partial charge in [-0.05, 0) is 33.0 Å². The van der Waals surface area contributed by atoms with E-state index < -0.39 is 0 Å². The van der Waals surface area contributed by atoms with E-state index in [1.54, 1.807) is 0 Å². The Morgan fingerprint density at radius 3 is 2.57 bits per heavy atom. The molecule has 0 aliphatic carbocycles. The number of nitrogens with one attached hydrogen (secondary N) is 1. The van der Waals surface area contributed by atoms with Gasteiger partial charge in [0.2, 0.25) is 0 Å². The fourth-order valence-electron chi connectivity index (χ4n) is 1.24. The smallest absolute Gasteiger partial charge is 0.0217 e. The molecule has 0 saturated carbocycles. The van der Waals surface area contributed by atoms with Crippen LogP contribution in [0, 0.1) is 6.92 Å². The lowest BCUT2D eigenvalue weighted by molar-refractivity contribution is 0.605. The molecule has 78 valence electrons. The van der Waals surface area contributed by atoms with Crippen LogP contribution in [0.25, 0.3) is 0 Å². The Balaban J connectivity index is 2.60. The number of rotatable bonds is 4. The van der Waals surface area contributed by atoms with Gasteiger partial charge in [0.1, 0.15) is 0 Å². The Morgan fingerprint density at radius 1 is 1.29 bits per heavy atom. The van der Waals surface area contributed by atoms with Gasteiger partial charge in [-0.1, -0.05) is 24.6 Å². The van der Waals surface area contributed by atoms with Crippen molar-refractivity contribution in [3.63, 3.8) is 0 Å². The van der Waals surface area contributed by atoms with Crippen LogP contribution in [0.1, 0.15) is 19.4 Å². The van der Waals surface area contributed by atoms with E-state index in [4.69, 9.17) is 0 Å². The van der Waals surface area contributed by atoms with Crippen molar-refractivity contribution in [3.8, 4) is 0 Å². The fourth-order valence-corrected chi connectivity index (χ4v) is 2.42. The summed E-state index contributed by atoms with van der Waals surface area (Å²) in [5.41, 5.74) is 1.33. The molecule has 0 radical (unpaired) electrons. The zero-order chi connectivity index (χ0) is 10.6. The van der Waals surface area contributed by atoms with Gasteiger partial charge >= 0.3 is 0 Å². The van der Waals surface area contributed by atoms with Crippen LogP contribution < -0.4 is 5.32 Å². The Bertz CT molecular complexity index is 285. The number of benzene rings is 1. The maximum absolute atomic E-state index is 3.28. The molecule has 0 spiro atoms. The standard InChI is InChI=1S/C12H19NS/c1-9-6-5-7-12(8-9)14-11(3)10(2)13-4/h5-8,10-11,13H,1-4H3. The lowest BCUT2D eigenvalue weighted by atomic mass is 10.2. The first-order valence-corrected chi connectivity index (χ1v) is 5.92. The van der Waals surface area contributed by atoms with Gasteiger partial charge in [0.05, 0.1) is 0 Å². The first-order chi connectivity index (χ1) is 6.63. The van der Waals surface area contributed by atoms with Gasteiger partial charge in [0.15, 0.2) is 0 Å². The molecule has 2 atom stereocenters. The van der Waals surface area contributed by atoms with Gasteiger partial charge in [-0.2, -0.15) is 0 Å². The van der Waals surface area contributed by atoms with Crippen LogP contribution in [0.5, 0.6) is 0 Å². The van der Waals surface area contributed by atoms with E-state index in [2.05, 4.69) is 50.4 Å². The largest absolute Gasteiger partial charge is 0.316 e. The highest BCUT2D eigenvalue weighted by atomic mass is 32.2. The maximum atomic E-state index is 3.28. The lowest BCUT2D eigenvalue weighted by Gasteiger charge is -2.18. The van der Waals surface area contributed by atoms with Crippen molar-refractivity contribution in [1.82, 2.24) is 5.32 Å². The van der Waals surface area contributed by atoms with Crippen molar-refractivity contribution in [1.29, 1.82) is 0 Å². The normalized spacial score (nSPS) is 15.1. The third-order valence-corrected chi connectivity index (χ3v) is 3.78. The SMILES string of the molecule is CNC(C)C(C)Sc1cccc(C)c1. The van der Waals surface area contributed by atoms with Crippen LogP contribution in [0.3, 0.4) is 0 Å². The second-order valence-electron chi connectivity index (χ2n) is 3.72. The van der Waals surface area contributed by atoms with Crippen LogP contribution in [0.15, 0.2) is 29.2 Å². The fraction of sp³-hybridized carbons (Fsp3) is 0.500. The Labute approximate surface area is 91.3 Å². The molecule has 0 bridgehead atoms. The minimum atomic E-state index is 0.542. The average Bonchev–Trinajstić information content (AvgIpc) is 2.16. The quantitative estimate of drug-likeness (QED) is 0.765. The summed E-state index contributed by atoms with van der Waals surface area (Å²) in [6.45, 7) is 6.61. The Hall–Kier alpha value is -0.470. The molecule has 0 aliphatic rings. The van der Waals surface area contributed by atoms with Crippen molar-refractivity contribution >= 4 is 11.8 Å². The van der Waals surface area contributed by atoms with Crippen LogP contribution in [0.4, 0.5) is 0 Å². The van der Waals surface area contributed by atoms with Crippen molar-refractivity contribution in [2.24, 2.45) is 0 Å². The predicted octanol–water partition coefficient (Wildman–Crippen LogP) is 3.08. The van der Waals surface area contributed by atoms with E-state index in [-0.39, 0.29) is 0 Å².